The Bertz CT molecular complexity index is 250. The predicted octanol–water partition coefficient (Wildman–Crippen LogP) is -0.313. The Hall–Kier alpha value is -0.650. The number of rotatable bonds is 2. The molecule has 2 saturated heterocycles. The van der Waals surface area contributed by atoms with Gasteiger partial charge in [-0.1, -0.05) is 0 Å². The predicted molar refractivity (Wildman–Crippen MR) is 52.6 cm³/mol. The van der Waals surface area contributed by atoms with Gasteiger partial charge in [0.05, 0.1) is 18.2 Å². The zero-order valence-corrected chi connectivity index (χ0v) is 8.69. The van der Waals surface area contributed by atoms with Gasteiger partial charge in [0.25, 0.3) is 0 Å². The maximum absolute atomic E-state index is 10.5. The number of carbonyl (C=O) groups is 1. The fraction of sp³-hybridized carbons (Fsp3) is 0.900. The molecule has 0 amide bonds. The maximum atomic E-state index is 10.5. The summed E-state index contributed by atoms with van der Waals surface area (Å²) in [7, 11) is 0. The van der Waals surface area contributed by atoms with Crippen LogP contribution in [0.5, 0.6) is 0 Å². The van der Waals surface area contributed by atoms with Crippen molar-refractivity contribution in [2.24, 2.45) is 0 Å². The highest BCUT2D eigenvalue weighted by Gasteiger charge is 2.45. The summed E-state index contributed by atoms with van der Waals surface area (Å²) in [6, 6.07) is 0. The number of aliphatic hydroxyl groups is 1. The molecule has 0 aromatic heterocycles. The summed E-state index contributed by atoms with van der Waals surface area (Å²) in [6.07, 6.45) is 2.08. The number of carboxylic acid groups (broad SMARTS) is 1. The minimum Gasteiger partial charge on any atom is -0.480 e. The van der Waals surface area contributed by atoms with E-state index in [-0.39, 0.29) is 12.1 Å². The third-order valence-corrected chi connectivity index (χ3v) is 3.38. The number of hydrogen-bond donors (Lipinski definition) is 2. The molecule has 15 heavy (non-hydrogen) atoms. The van der Waals surface area contributed by atoms with Gasteiger partial charge in [-0.15, -0.1) is 0 Å². The Morgan fingerprint density at radius 2 is 2.33 bits per heavy atom. The molecule has 2 fully saturated rings. The topological polar surface area (TPSA) is 70.0 Å². The van der Waals surface area contributed by atoms with Gasteiger partial charge in [-0.3, -0.25) is 9.69 Å². The number of carboxylic acids is 1. The van der Waals surface area contributed by atoms with Gasteiger partial charge >= 0.3 is 5.97 Å². The highest BCUT2D eigenvalue weighted by atomic mass is 16.5. The molecular formula is C10H17NO4. The molecule has 86 valence electrons. The van der Waals surface area contributed by atoms with Crippen LogP contribution >= 0.6 is 0 Å². The van der Waals surface area contributed by atoms with Crippen LogP contribution in [0.1, 0.15) is 19.3 Å². The lowest BCUT2D eigenvalue weighted by atomic mass is 9.86. The molecular weight excluding hydrogens is 198 g/mol. The highest BCUT2D eigenvalue weighted by Crippen LogP contribution is 2.35. The second-order valence-electron chi connectivity index (χ2n) is 4.41. The van der Waals surface area contributed by atoms with E-state index in [1.165, 1.54) is 0 Å². The molecule has 2 heterocycles. The first-order chi connectivity index (χ1) is 7.12. The van der Waals surface area contributed by atoms with E-state index in [1.807, 2.05) is 0 Å². The minimum absolute atomic E-state index is 0.00708. The summed E-state index contributed by atoms with van der Waals surface area (Å²) in [4.78, 5) is 12.3. The van der Waals surface area contributed by atoms with Gasteiger partial charge in [-0.25, -0.2) is 0 Å². The van der Waals surface area contributed by atoms with Crippen molar-refractivity contribution in [2.45, 2.75) is 31.0 Å². The first kappa shape index (κ1) is 10.9. The van der Waals surface area contributed by atoms with E-state index in [2.05, 4.69) is 0 Å². The molecule has 0 radical (unpaired) electrons. The quantitative estimate of drug-likeness (QED) is 0.661. The molecule has 2 rings (SSSR count). The van der Waals surface area contributed by atoms with Crippen molar-refractivity contribution >= 4 is 5.97 Å². The van der Waals surface area contributed by atoms with Crippen LogP contribution in [0.3, 0.4) is 0 Å². The van der Waals surface area contributed by atoms with Crippen LogP contribution in [0.15, 0.2) is 0 Å². The molecule has 2 atom stereocenters. The monoisotopic (exact) mass is 215 g/mol. The number of likely N-dealkylation sites (tertiary alicyclic amines) is 1. The lowest BCUT2D eigenvalue weighted by Crippen LogP contribution is -2.55. The average molecular weight is 215 g/mol. The van der Waals surface area contributed by atoms with Crippen molar-refractivity contribution in [3.63, 3.8) is 0 Å². The zero-order chi connectivity index (χ0) is 10.9. The summed E-state index contributed by atoms with van der Waals surface area (Å²) < 4.78 is 5.62. The second kappa shape index (κ2) is 4.08. The van der Waals surface area contributed by atoms with E-state index in [9.17, 15) is 9.90 Å². The Morgan fingerprint density at radius 3 is 2.87 bits per heavy atom. The molecule has 1 spiro atoms. The Balaban J connectivity index is 1.93. The standard InChI is InChI=1S/C10H17NO4/c12-8-6-11(7-9(13)14)4-3-10(8)2-1-5-15-10/h8,12H,1-7H2,(H,13,14)/t8-,10-/m0/s1. The van der Waals surface area contributed by atoms with E-state index in [0.717, 1.165) is 25.9 Å². The van der Waals surface area contributed by atoms with Gasteiger partial charge in [0.1, 0.15) is 0 Å². The zero-order valence-electron chi connectivity index (χ0n) is 8.69. The van der Waals surface area contributed by atoms with Crippen LogP contribution < -0.4 is 0 Å². The van der Waals surface area contributed by atoms with Gasteiger partial charge in [0.15, 0.2) is 0 Å². The van der Waals surface area contributed by atoms with Crippen molar-refractivity contribution in [3.05, 3.63) is 0 Å². The fourth-order valence-electron chi connectivity index (χ4n) is 2.53. The van der Waals surface area contributed by atoms with Gasteiger partial charge in [-0.05, 0) is 19.3 Å². The molecule has 5 nitrogen and oxygen atoms in total. The van der Waals surface area contributed by atoms with Crippen LogP contribution in [0, 0.1) is 0 Å². The average Bonchev–Trinajstić information content (AvgIpc) is 2.61. The van der Waals surface area contributed by atoms with Crippen molar-refractivity contribution < 1.29 is 19.7 Å². The second-order valence-corrected chi connectivity index (χ2v) is 4.41. The number of nitrogens with zero attached hydrogens (tertiary/aromatic N) is 1. The third kappa shape index (κ3) is 2.14. The summed E-state index contributed by atoms with van der Waals surface area (Å²) in [5.41, 5.74) is -0.380. The molecule has 5 heteroatoms. The van der Waals surface area contributed by atoms with Gasteiger partial charge in [0.2, 0.25) is 0 Å². The van der Waals surface area contributed by atoms with Gasteiger partial charge in [-0.2, -0.15) is 0 Å². The van der Waals surface area contributed by atoms with E-state index < -0.39 is 12.1 Å². The van der Waals surface area contributed by atoms with Crippen LogP contribution in [0.25, 0.3) is 0 Å². The molecule has 0 aromatic rings. The van der Waals surface area contributed by atoms with Crippen molar-refractivity contribution in [3.8, 4) is 0 Å². The normalized spacial score (nSPS) is 37.3. The van der Waals surface area contributed by atoms with Crippen molar-refractivity contribution in [1.82, 2.24) is 4.90 Å². The van der Waals surface area contributed by atoms with Gasteiger partial charge in [0, 0.05) is 19.7 Å². The Labute approximate surface area is 88.6 Å². The van der Waals surface area contributed by atoms with Crippen LogP contribution in [0.2, 0.25) is 0 Å². The number of hydrogen-bond acceptors (Lipinski definition) is 4. The number of aliphatic carboxylic acids is 1. The lowest BCUT2D eigenvalue weighted by Gasteiger charge is -2.42. The Morgan fingerprint density at radius 1 is 1.53 bits per heavy atom. The molecule has 0 bridgehead atoms. The van der Waals surface area contributed by atoms with E-state index in [1.54, 1.807) is 4.90 Å². The minimum atomic E-state index is -0.842. The van der Waals surface area contributed by atoms with Crippen molar-refractivity contribution in [1.29, 1.82) is 0 Å². The number of ether oxygens (including phenoxy) is 1. The molecule has 0 aliphatic carbocycles. The number of β-amino-alcohol motifs (C(OH)–C–C–N with tert-alkyl or cyclic N) is 1. The van der Waals surface area contributed by atoms with Crippen LogP contribution in [0.4, 0.5) is 0 Å². The lowest BCUT2D eigenvalue weighted by molar-refractivity contribution is -0.147. The Kier molecular flexibility index (Phi) is 2.95. The largest absolute Gasteiger partial charge is 0.480 e. The first-order valence-electron chi connectivity index (χ1n) is 5.38. The van der Waals surface area contributed by atoms with E-state index >= 15 is 0 Å². The SMILES string of the molecule is O=C(O)CN1CC[C@@]2(CCCO2)[C@@H](O)C1. The molecule has 2 aliphatic rings. The number of piperidine rings is 1. The fourth-order valence-corrected chi connectivity index (χ4v) is 2.53. The van der Waals surface area contributed by atoms with Crippen molar-refractivity contribution in [2.75, 3.05) is 26.2 Å². The smallest absolute Gasteiger partial charge is 0.317 e. The molecule has 0 aromatic carbocycles. The molecule has 0 saturated carbocycles. The third-order valence-electron chi connectivity index (χ3n) is 3.38. The summed E-state index contributed by atoms with van der Waals surface area (Å²) in [5.74, 6) is -0.842. The van der Waals surface area contributed by atoms with E-state index in [4.69, 9.17) is 9.84 Å². The summed E-state index contributed by atoms with van der Waals surface area (Å²) in [6.45, 7) is 1.83. The van der Waals surface area contributed by atoms with E-state index in [0.29, 0.717) is 13.1 Å². The molecule has 0 unspecified atom stereocenters. The summed E-state index contributed by atoms with van der Waals surface area (Å²) >= 11 is 0. The number of aliphatic hydroxyl groups excluding tert-OH is 1. The summed E-state index contributed by atoms with van der Waals surface area (Å²) in [5, 5.41) is 18.6. The first-order valence-corrected chi connectivity index (χ1v) is 5.38. The van der Waals surface area contributed by atoms with Crippen LogP contribution in [-0.4, -0.2) is 59.0 Å². The molecule has 2 N–H and O–H groups in total. The highest BCUT2D eigenvalue weighted by molar-refractivity contribution is 5.69. The maximum Gasteiger partial charge on any atom is 0.317 e. The molecule has 2 aliphatic heterocycles. The van der Waals surface area contributed by atoms with Crippen LogP contribution in [-0.2, 0) is 9.53 Å². The van der Waals surface area contributed by atoms with Gasteiger partial charge < -0.3 is 14.9 Å².